The number of benzene rings is 1. The molecule has 3 rings (SSSR count). The minimum atomic E-state index is -0.642. The van der Waals surface area contributed by atoms with Gasteiger partial charge in [-0.1, -0.05) is 56.0 Å². The summed E-state index contributed by atoms with van der Waals surface area (Å²) in [6.07, 6.45) is 10.9. The Bertz CT molecular complexity index is 420. The summed E-state index contributed by atoms with van der Waals surface area (Å²) < 4.78 is 0. The molecule has 2 nitrogen and oxygen atoms in total. The summed E-state index contributed by atoms with van der Waals surface area (Å²) in [7, 11) is 0. The molecule has 2 heteroatoms. The third kappa shape index (κ3) is 3.49. The van der Waals surface area contributed by atoms with Crippen LogP contribution in [0.3, 0.4) is 0 Å². The molecule has 0 amide bonds. The lowest BCUT2D eigenvalue weighted by atomic mass is 9.70. The molecule has 116 valence electrons. The van der Waals surface area contributed by atoms with Crippen molar-refractivity contribution in [1.29, 1.82) is 0 Å². The van der Waals surface area contributed by atoms with Crippen molar-refractivity contribution in [2.75, 3.05) is 6.54 Å². The van der Waals surface area contributed by atoms with Crippen LogP contribution >= 0.6 is 0 Å². The van der Waals surface area contributed by atoms with Gasteiger partial charge in [0, 0.05) is 6.04 Å². The van der Waals surface area contributed by atoms with E-state index in [1.807, 2.05) is 6.07 Å². The molecule has 0 aromatic heterocycles. The second kappa shape index (κ2) is 6.93. The van der Waals surface area contributed by atoms with Crippen LogP contribution in [0.4, 0.5) is 0 Å². The van der Waals surface area contributed by atoms with Crippen LogP contribution in [0.1, 0.15) is 63.4 Å². The van der Waals surface area contributed by atoms with Crippen LogP contribution in [-0.2, 0) is 5.60 Å². The highest BCUT2D eigenvalue weighted by molar-refractivity contribution is 5.24. The van der Waals surface area contributed by atoms with Crippen molar-refractivity contribution in [3.05, 3.63) is 35.9 Å². The fourth-order valence-corrected chi connectivity index (χ4v) is 4.30. The Labute approximate surface area is 129 Å². The van der Waals surface area contributed by atoms with Crippen molar-refractivity contribution in [2.45, 2.75) is 69.4 Å². The minimum absolute atomic E-state index is 0.428. The van der Waals surface area contributed by atoms with Crippen LogP contribution in [0.5, 0.6) is 0 Å². The second-order valence-corrected chi connectivity index (χ2v) is 6.98. The maximum absolute atomic E-state index is 11.6. The monoisotopic (exact) mass is 287 g/mol. The number of piperidine rings is 1. The van der Waals surface area contributed by atoms with E-state index < -0.39 is 5.60 Å². The van der Waals surface area contributed by atoms with Crippen LogP contribution in [0.25, 0.3) is 0 Å². The molecule has 0 unspecified atom stereocenters. The van der Waals surface area contributed by atoms with Crippen molar-refractivity contribution in [2.24, 2.45) is 5.92 Å². The van der Waals surface area contributed by atoms with Gasteiger partial charge in [0.15, 0.2) is 0 Å². The number of aliphatic hydroxyl groups is 1. The molecule has 1 aromatic carbocycles. The molecule has 1 aliphatic carbocycles. The van der Waals surface area contributed by atoms with Gasteiger partial charge in [0.2, 0.25) is 0 Å². The van der Waals surface area contributed by atoms with Gasteiger partial charge < -0.3 is 10.4 Å². The smallest absolute Gasteiger partial charge is 0.0939 e. The zero-order valence-corrected chi connectivity index (χ0v) is 13.1. The average molecular weight is 287 g/mol. The zero-order chi connectivity index (χ0) is 14.5. The normalized spacial score (nSPS) is 27.2. The van der Waals surface area contributed by atoms with E-state index in [1.54, 1.807) is 0 Å². The fourth-order valence-electron chi connectivity index (χ4n) is 4.30. The Hall–Kier alpha value is -0.860. The summed E-state index contributed by atoms with van der Waals surface area (Å²) in [6.45, 7) is 1.11. The Morgan fingerprint density at radius 1 is 0.952 bits per heavy atom. The SMILES string of the molecule is O[C@](C[C@@H]1CCCCN1)(c1ccccc1)C1CCCCC1. The predicted octanol–water partition coefficient (Wildman–Crippen LogP) is 3.99. The quantitative estimate of drug-likeness (QED) is 0.877. The molecular formula is C19H29NO. The molecule has 1 aliphatic heterocycles. The van der Waals surface area contributed by atoms with E-state index in [0.717, 1.165) is 18.5 Å². The molecule has 0 radical (unpaired) electrons. The lowest BCUT2D eigenvalue weighted by Crippen LogP contribution is -2.45. The highest BCUT2D eigenvalue weighted by Gasteiger charge is 2.40. The van der Waals surface area contributed by atoms with Crippen LogP contribution in [0.2, 0.25) is 0 Å². The first-order chi connectivity index (χ1) is 10.3. The van der Waals surface area contributed by atoms with Gasteiger partial charge in [-0.3, -0.25) is 0 Å². The van der Waals surface area contributed by atoms with E-state index in [0.29, 0.717) is 12.0 Å². The largest absolute Gasteiger partial charge is 0.385 e. The summed E-state index contributed by atoms with van der Waals surface area (Å²) in [5, 5.41) is 15.2. The number of hydrogen-bond donors (Lipinski definition) is 2. The van der Waals surface area contributed by atoms with Gasteiger partial charge in [0.05, 0.1) is 5.60 Å². The molecule has 0 spiro atoms. The molecule has 1 heterocycles. The molecule has 1 saturated heterocycles. The van der Waals surface area contributed by atoms with Crippen LogP contribution in [0.15, 0.2) is 30.3 Å². The zero-order valence-electron chi connectivity index (χ0n) is 13.1. The Balaban J connectivity index is 1.82. The van der Waals surface area contributed by atoms with Gasteiger partial charge in [-0.2, -0.15) is 0 Å². The van der Waals surface area contributed by atoms with E-state index in [4.69, 9.17) is 0 Å². The first kappa shape index (κ1) is 15.1. The molecule has 0 bridgehead atoms. The van der Waals surface area contributed by atoms with E-state index in [-0.39, 0.29) is 0 Å². The van der Waals surface area contributed by atoms with Gasteiger partial charge in [-0.05, 0) is 50.1 Å². The Morgan fingerprint density at radius 3 is 2.33 bits per heavy atom. The molecule has 2 N–H and O–H groups in total. The first-order valence-electron chi connectivity index (χ1n) is 8.80. The van der Waals surface area contributed by atoms with Crippen molar-refractivity contribution in [3.8, 4) is 0 Å². The van der Waals surface area contributed by atoms with Gasteiger partial charge in [-0.15, -0.1) is 0 Å². The van der Waals surface area contributed by atoms with Gasteiger partial charge in [0.1, 0.15) is 0 Å². The number of hydrogen-bond acceptors (Lipinski definition) is 2. The lowest BCUT2D eigenvalue weighted by Gasteiger charge is -2.42. The summed E-state index contributed by atoms with van der Waals surface area (Å²) >= 11 is 0. The Kier molecular flexibility index (Phi) is 4.97. The fraction of sp³-hybridized carbons (Fsp3) is 0.684. The average Bonchev–Trinajstić information content (AvgIpc) is 2.57. The minimum Gasteiger partial charge on any atom is -0.385 e. The third-order valence-corrected chi connectivity index (χ3v) is 5.52. The molecule has 2 atom stereocenters. The molecule has 1 aromatic rings. The number of rotatable bonds is 4. The maximum Gasteiger partial charge on any atom is 0.0939 e. The second-order valence-electron chi connectivity index (χ2n) is 6.98. The van der Waals surface area contributed by atoms with E-state index in [9.17, 15) is 5.11 Å². The highest BCUT2D eigenvalue weighted by atomic mass is 16.3. The van der Waals surface area contributed by atoms with Crippen LogP contribution in [0, 0.1) is 5.92 Å². The van der Waals surface area contributed by atoms with E-state index >= 15 is 0 Å². The van der Waals surface area contributed by atoms with Crippen molar-refractivity contribution < 1.29 is 5.11 Å². The van der Waals surface area contributed by atoms with E-state index in [1.165, 1.54) is 51.4 Å². The first-order valence-corrected chi connectivity index (χ1v) is 8.80. The van der Waals surface area contributed by atoms with Crippen molar-refractivity contribution in [1.82, 2.24) is 5.32 Å². The molecular weight excluding hydrogens is 258 g/mol. The topological polar surface area (TPSA) is 32.3 Å². The molecule has 1 saturated carbocycles. The summed E-state index contributed by atoms with van der Waals surface area (Å²) in [4.78, 5) is 0. The van der Waals surface area contributed by atoms with Gasteiger partial charge >= 0.3 is 0 Å². The van der Waals surface area contributed by atoms with Crippen molar-refractivity contribution in [3.63, 3.8) is 0 Å². The van der Waals surface area contributed by atoms with Crippen LogP contribution < -0.4 is 5.32 Å². The summed E-state index contributed by atoms with van der Waals surface area (Å²) in [5.74, 6) is 0.428. The molecule has 2 aliphatic rings. The third-order valence-electron chi connectivity index (χ3n) is 5.52. The van der Waals surface area contributed by atoms with Gasteiger partial charge in [0.25, 0.3) is 0 Å². The predicted molar refractivity (Wildman–Crippen MR) is 87.2 cm³/mol. The molecule has 21 heavy (non-hydrogen) atoms. The summed E-state index contributed by atoms with van der Waals surface area (Å²) in [5.41, 5.74) is 0.487. The summed E-state index contributed by atoms with van der Waals surface area (Å²) in [6, 6.07) is 10.9. The van der Waals surface area contributed by atoms with Crippen LogP contribution in [-0.4, -0.2) is 17.7 Å². The highest BCUT2D eigenvalue weighted by Crippen LogP contribution is 2.43. The maximum atomic E-state index is 11.6. The van der Waals surface area contributed by atoms with E-state index in [2.05, 4.69) is 29.6 Å². The van der Waals surface area contributed by atoms with Crippen molar-refractivity contribution >= 4 is 0 Å². The number of nitrogens with one attached hydrogen (secondary N) is 1. The standard InChI is InChI=1S/C19H29NO/c21-19(16-9-3-1-4-10-16,17-11-5-2-6-12-17)15-18-13-7-8-14-20-18/h1,3-4,9-10,17-18,20-21H,2,5-8,11-15H2/t18-,19+/m0/s1. The Morgan fingerprint density at radius 2 is 1.67 bits per heavy atom. The molecule has 2 fully saturated rings. The lowest BCUT2D eigenvalue weighted by molar-refractivity contribution is -0.0551. The van der Waals surface area contributed by atoms with Gasteiger partial charge in [-0.25, -0.2) is 0 Å².